The molecule has 0 fully saturated rings. The number of nitrogens with one attached hydrogen (secondary N) is 1. The minimum Gasteiger partial charge on any atom is -0.480 e. The van der Waals surface area contributed by atoms with Crippen LogP contribution in [0.2, 0.25) is 5.02 Å². The summed E-state index contributed by atoms with van der Waals surface area (Å²) < 4.78 is 36.6. The zero-order valence-corrected chi connectivity index (χ0v) is 18.2. The van der Waals surface area contributed by atoms with Crippen LogP contribution in [0.15, 0.2) is 53.4 Å². The molecule has 1 N–H and O–H groups in total. The first-order valence-corrected chi connectivity index (χ1v) is 11.0. The smallest absolute Gasteiger partial charge is 0.344 e. The van der Waals surface area contributed by atoms with Gasteiger partial charge >= 0.3 is 5.97 Å². The number of ether oxygens (including phenoxy) is 2. The Hall–Kier alpha value is -2.62. The maximum atomic E-state index is 12.6. The molecule has 0 aliphatic heterocycles. The van der Waals surface area contributed by atoms with Gasteiger partial charge in [0.1, 0.15) is 5.75 Å². The van der Waals surface area contributed by atoms with Gasteiger partial charge < -0.3 is 14.8 Å². The third-order valence-corrected chi connectivity index (χ3v) is 6.37. The summed E-state index contributed by atoms with van der Waals surface area (Å²) >= 11 is 5.92. The second-order valence-corrected chi connectivity index (χ2v) is 8.39. The number of carbonyl (C=O) groups is 2. The van der Waals surface area contributed by atoms with Gasteiger partial charge in [0.2, 0.25) is 10.0 Å². The lowest BCUT2D eigenvalue weighted by Crippen LogP contribution is -2.30. The van der Waals surface area contributed by atoms with Gasteiger partial charge in [0.25, 0.3) is 5.91 Å². The summed E-state index contributed by atoms with van der Waals surface area (Å²) in [7, 11) is -3.65. The first-order valence-electron chi connectivity index (χ1n) is 9.21. The highest BCUT2D eigenvalue weighted by atomic mass is 35.5. The molecule has 0 aliphatic carbocycles. The Morgan fingerprint density at radius 3 is 2.40 bits per heavy atom. The van der Waals surface area contributed by atoms with Gasteiger partial charge in [0.05, 0.1) is 9.92 Å². The van der Waals surface area contributed by atoms with E-state index in [0.717, 1.165) is 0 Å². The summed E-state index contributed by atoms with van der Waals surface area (Å²) in [6.07, 6.45) is 0. The van der Waals surface area contributed by atoms with Crippen molar-refractivity contribution in [3.8, 4) is 5.75 Å². The minimum absolute atomic E-state index is 0.0640. The van der Waals surface area contributed by atoms with Crippen LogP contribution in [0.3, 0.4) is 0 Å². The summed E-state index contributed by atoms with van der Waals surface area (Å²) in [6.45, 7) is 3.21. The molecule has 0 aromatic heterocycles. The van der Waals surface area contributed by atoms with Crippen molar-refractivity contribution in [3.05, 3.63) is 53.6 Å². The van der Waals surface area contributed by atoms with Crippen LogP contribution in [-0.2, 0) is 24.3 Å². The lowest BCUT2D eigenvalue weighted by molar-refractivity contribution is -0.149. The summed E-state index contributed by atoms with van der Waals surface area (Å²) in [6, 6.07) is 12.5. The SMILES string of the molecule is CCN(CC)S(=O)(=O)c1cccc(NC(=O)COC(=O)COc2ccccc2Cl)c1. The van der Waals surface area contributed by atoms with Crippen molar-refractivity contribution >= 4 is 39.2 Å². The van der Waals surface area contributed by atoms with Crippen LogP contribution >= 0.6 is 11.6 Å². The van der Waals surface area contributed by atoms with Crippen molar-refractivity contribution in [2.24, 2.45) is 0 Å². The van der Waals surface area contributed by atoms with Gasteiger partial charge in [-0.25, -0.2) is 13.2 Å². The second kappa shape index (κ2) is 11.0. The highest BCUT2D eigenvalue weighted by molar-refractivity contribution is 7.89. The van der Waals surface area contributed by atoms with E-state index in [1.807, 2.05) is 0 Å². The molecule has 2 aromatic rings. The highest BCUT2D eigenvalue weighted by Gasteiger charge is 2.22. The van der Waals surface area contributed by atoms with Crippen molar-refractivity contribution in [2.75, 3.05) is 31.6 Å². The van der Waals surface area contributed by atoms with Crippen molar-refractivity contribution in [2.45, 2.75) is 18.7 Å². The molecule has 0 bridgehead atoms. The van der Waals surface area contributed by atoms with Crippen molar-refractivity contribution < 1.29 is 27.5 Å². The Balaban J connectivity index is 1.89. The number of hydrogen-bond acceptors (Lipinski definition) is 6. The first kappa shape index (κ1) is 23.7. The first-order chi connectivity index (χ1) is 14.3. The van der Waals surface area contributed by atoms with Gasteiger partial charge in [0, 0.05) is 18.8 Å². The molecule has 0 heterocycles. The highest BCUT2D eigenvalue weighted by Crippen LogP contribution is 2.23. The zero-order valence-electron chi connectivity index (χ0n) is 16.6. The quantitative estimate of drug-likeness (QED) is 0.554. The number of amides is 1. The zero-order chi connectivity index (χ0) is 22.1. The predicted octanol–water partition coefficient (Wildman–Crippen LogP) is 2.93. The maximum Gasteiger partial charge on any atom is 0.344 e. The Kier molecular flexibility index (Phi) is 8.64. The van der Waals surface area contributed by atoms with E-state index in [-0.39, 0.29) is 10.6 Å². The topological polar surface area (TPSA) is 102 Å². The summed E-state index contributed by atoms with van der Waals surface area (Å²) in [5.41, 5.74) is 0.275. The predicted molar refractivity (Wildman–Crippen MR) is 113 cm³/mol. The number of sulfonamides is 1. The van der Waals surface area contributed by atoms with Crippen LogP contribution in [0.1, 0.15) is 13.8 Å². The molecule has 30 heavy (non-hydrogen) atoms. The summed E-state index contributed by atoms with van der Waals surface area (Å²) in [4.78, 5) is 23.9. The van der Waals surface area contributed by atoms with Gasteiger partial charge in [0.15, 0.2) is 13.2 Å². The average Bonchev–Trinajstić information content (AvgIpc) is 2.72. The number of benzene rings is 2. The molecule has 10 heteroatoms. The normalized spacial score (nSPS) is 11.2. The molecule has 0 saturated carbocycles. The third-order valence-electron chi connectivity index (χ3n) is 4.01. The Morgan fingerprint density at radius 1 is 1.03 bits per heavy atom. The second-order valence-electron chi connectivity index (χ2n) is 6.05. The molecule has 162 valence electrons. The monoisotopic (exact) mass is 454 g/mol. The minimum atomic E-state index is -3.65. The van der Waals surface area contributed by atoms with E-state index in [1.54, 1.807) is 44.2 Å². The van der Waals surface area contributed by atoms with Gasteiger partial charge in [-0.3, -0.25) is 4.79 Å². The van der Waals surface area contributed by atoms with Crippen molar-refractivity contribution in [1.29, 1.82) is 0 Å². The van der Waals surface area contributed by atoms with E-state index in [1.165, 1.54) is 22.5 Å². The van der Waals surface area contributed by atoms with E-state index in [4.69, 9.17) is 21.1 Å². The van der Waals surface area contributed by atoms with E-state index in [0.29, 0.717) is 23.9 Å². The van der Waals surface area contributed by atoms with E-state index >= 15 is 0 Å². The third kappa shape index (κ3) is 6.45. The van der Waals surface area contributed by atoms with Crippen LogP contribution in [0.5, 0.6) is 5.75 Å². The molecule has 2 aromatic carbocycles. The summed E-state index contributed by atoms with van der Waals surface area (Å²) in [5.74, 6) is -1.03. The number of anilines is 1. The van der Waals surface area contributed by atoms with Gasteiger partial charge in [-0.2, -0.15) is 4.31 Å². The molecule has 0 unspecified atom stereocenters. The largest absolute Gasteiger partial charge is 0.480 e. The molecule has 2 rings (SSSR count). The fourth-order valence-corrected chi connectivity index (χ4v) is 4.22. The number of hydrogen-bond donors (Lipinski definition) is 1. The van der Waals surface area contributed by atoms with Gasteiger partial charge in [-0.05, 0) is 30.3 Å². The fraction of sp³-hybridized carbons (Fsp3) is 0.300. The molecule has 0 atom stereocenters. The van der Waals surface area contributed by atoms with Gasteiger partial charge in [-0.15, -0.1) is 0 Å². The number of para-hydroxylation sites is 1. The number of nitrogens with zero attached hydrogens (tertiary/aromatic N) is 1. The lowest BCUT2D eigenvalue weighted by atomic mass is 10.3. The Labute approximate surface area is 180 Å². The standard InChI is InChI=1S/C20H23ClN2O6S/c1-3-23(4-2)30(26,27)16-9-7-8-15(12-16)22-19(24)13-29-20(25)14-28-18-11-6-5-10-17(18)21/h5-12H,3-4,13-14H2,1-2H3,(H,22,24). The van der Waals surface area contributed by atoms with E-state index in [2.05, 4.69) is 5.32 Å². The van der Waals surface area contributed by atoms with Crippen LogP contribution in [0, 0.1) is 0 Å². The van der Waals surface area contributed by atoms with Crippen molar-refractivity contribution in [3.63, 3.8) is 0 Å². The molecule has 0 spiro atoms. The lowest BCUT2D eigenvalue weighted by Gasteiger charge is -2.18. The van der Waals surface area contributed by atoms with Crippen LogP contribution in [0.4, 0.5) is 5.69 Å². The Morgan fingerprint density at radius 2 is 1.73 bits per heavy atom. The molecule has 0 aliphatic rings. The van der Waals surface area contributed by atoms with Gasteiger partial charge in [-0.1, -0.05) is 43.6 Å². The summed E-state index contributed by atoms with van der Waals surface area (Å²) in [5, 5.41) is 2.86. The molecule has 8 nitrogen and oxygen atoms in total. The number of rotatable bonds is 10. The Bertz CT molecular complexity index is 992. The van der Waals surface area contributed by atoms with Crippen LogP contribution in [0.25, 0.3) is 0 Å². The van der Waals surface area contributed by atoms with E-state index < -0.39 is 35.1 Å². The number of halogens is 1. The molecular formula is C20H23ClN2O6S. The number of esters is 1. The number of carbonyl (C=O) groups excluding carboxylic acids is 2. The van der Waals surface area contributed by atoms with Crippen molar-refractivity contribution in [1.82, 2.24) is 4.31 Å². The van der Waals surface area contributed by atoms with E-state index in [9.17, 15) is 18.0 Å². The van der Waals surface area contributed by atoms with Crippen LogP contribution < -0.4 is 10.1 Å². The molecule has 0 radical (unpaired) electrons. The molecule has 0 saturated heterocycles. The van der Waals surface area contributed by atoms with Crippen LogP contribution in [-0.4, -0.2) is 50.9 Å². The molecule has 1 amide bonds. The maximum absolute atomic E-state index is 12.6. The molecular weight excluding hydrogens is 432 g/mol. The fourth-order valence-electron chi connectivity index (χ4n) is 2.53. The average molecular weight is 455 g/mol.